The van der Waals surface area contributed by atoms with Crippen molar-refractivity contribution in [2.24, 2.45) is 0 Å². The molecule has 0 aliphatic heterocycles. The second kappa shape index (κ2) is 10.0. The molecule has 0 N–H and O–H groups in total. The van der Waals surface area contributed by atoms with Gasteiger partial charge in [-0.1, -0.05) is 30.9 Å². The molecule has 0 saturated carbocycles. The van der Waals surface area contributed by atoms with Gasteiger partial charge in [0.1, 0.15) is 0 Å². The van der Waals surface area contributed by atoms with Crippen LogP contribution in [0.3, 0.4) is 0 Å². The number of methoxy groups -OCH3 is 4. The van der Waals surface area contributed by atoms with E-state index in [1.54, 1.807) is 34.5 Å². The van der Waals surface area contributed by atoms with Crippen LogP contribution in [0.25, 0.3) is 5.57 Å². The van der Waals surface area contributed by atoms with E-state index in [0.29, 0.717) is 23.0 Å². The van der Waals surface area contributed by atoms with E-state index in [1.165, 1.54) is 12.2 Å². The first-order chi connectivity index (χ1) is 13.6. The first-order valence-electron chi connectivity index (χ1n) is 8.57. The maximum absolute atomic E-state index is 11.5. The standard InChI is InChI=1S/C23H24O5/c1-6-18(24)8-7-9-19(16-10-12-20(25-2)22(14-16)27-4)17-11-13-21(26-3)23(15-17)28-5/h6-15H,1H2,2-5H3/b8-7+. The van der Waals surface area contributed by atoms with Gasteiger partial charge in [-0.25, -0.2) is 0 Å². The van der Waals surface area contributed by atoms with Crippen molar-refractivity contribution >= 4 is 11.4 Å². The Kier molecular flexibility index (Phi) is 7.45. The van der Waals surface area contributed by atoms with Gasteiger partial charge in [-0.3, -0.25) is 4.79 Å². The van der Waals surface area contributed by atoms with Crippen molar-refractivity contribution in [1.29, 1.82) is 0 Å². The summed E-state index contributed by atoms with van der Waals surface area (Å²) in [5.41, 5.74) is 2.65. The van der Waals surface area contributed by atoms with Gasteiger partial charge in [0, 0.05) is 0 Å². The van der Waals surface area contributed by atoms with Crippen molar-refractivity contribution in [3.05, 3.63) is 78.4 Å². The molecule has 0 atom stereocenters. The maximum atomic E-state index is 11.5. The lowest BCUT2D eigenvalue weighted by Crippen LogP contribution is -1.96. The Balaban J connectivity index is 2.61. The Morgan fingerprint density at radius 3 is 1.64 bits per heavy atom. The Morgan fingerprint density at radius 1 is 0.786 bits per heavy atom. The molecule has 2 aromatic rings. The molecule has 2 aromatic carbocycles. The van der Waals surface area contributed by atoms with Gasteiger partial charge in [-0.2, -0.15) is 0 Å². The van der Waals surface area contributed by atoms with Gasteiger partial charge in [0.15, 0.2) is 28.8 Å². The molecule has 0 amide bonds. The molecular formula is C23H24O5. The van der Waals surface area contributed by atoms with Crippen LogP contribution >= 0.6 is 0 Å². The molecule has 0 bridgehead atoms. The van der Waals surface area contributed by atoms with Crippen LogP contribution in [0.2, 0.25) is 0 Å². The van der Waals surface area contributed by atoms with Crippen LogP contribution in [-0.2, 0) is 4.79 Å². The molecule has 0 unspecified atom stereocenters. The lowest BCUT2D eigenvalue weighted by Gasteiger charge is -2.14. The molecule has 5 nitrogen and oxygen atoms in total. The summed E-state index contributed by atoms with van der Waals surface area (Å²) >= 11 is 0. The number of allylic oxidation sites excluding steroid dienone is 4. The van der Waals surface area contributed by atoms with Gasteiger partial charge >= 0.3 is 0 Å². The van der Waals surface area contributed by atoms with E-state index in [4.69, 9.17) is 18.9 Å². The monoisotopic (exact) mass is 380 g/mol. The number of ketones is 1. The second-order valence-electron chi connectivity index (χ2n) is 5.69. The smallest absolute Gasteiger partial charge is 0.178 e. The van der Waals surface area contributed by atoms with Crippen LogP contribution in [0.5, 0.6) is 23.0 Å². The SMILES string of the molecule is C=CC(=O)/C=C/C=C(c1ccc(OC)c(OC)c1)c1ccc(OC)c(OC)c1. The van der Waals surface area contributed by atoms with E-state index in [0.717, 1.165) is 16.7 Å². The van der Waals surface area contributed by atoms with E-state index in [9.17, 15) is 4.79 Å². The molecule has 0 spiro atoms. The summed E-state index contributed by atoms with van der Waals surface area (Å²) in [4.78, 5) is 11.5. The fourth-order valence-electron chi connectivity index (χ4n) is 2.67. The normalized spacial score (nSPS) is 10.3. The Labute approximate surface area is 165 Å². The zero-order valence-electron chi connectivity index (χ0n) is 16.5. The molecule has 28 heavy (non-hydrogen) atoms. The third-order valence-corrected chi connectivity index (χ3v) is 4.11. The quantitative estimate of drug-likeness (QED) is 0.475. The Morgan fingerprint density at radius 2 is 1.25 bits per heavy atom. The number of carbonyl (C=O) groups excluding carboxylic acids is 1. The van der Waals surface area contributed by atoms with Crippen LogP contribution < -0.4 is 18.9 Å². The van der Waals surface area contributed by atoms with Crippen molar-refractivity contribution in [3.8, 4) is 23.0 Å². The zero-order valence-corrected chi connectivity index (χ0v) is 16.5. The number of hydrogen-bond donors (Lipinski definition) is 0. The minimum Gasteiger partial charge on any atom is -0.493 e. The highest BCUT2D eigenvalue weighted by molar-refractivity contribution is 5.99. The summed E-state index contributed by atoms with van der Waals surface area (Å²) in [6.07, 6.45) is 6.25. The average Bonchev–Trinajstić information content (AvgIpc) is 2.75. The van der Waals surface area contributed by atoms with E-state index >= 15 is 0 Å². The molecule has 0 aliphatic carbocycles. The van der Waals surface area contributed by atoms with Gasteiger partial charge in [-0.15, -0.1) is 0 Å². The number of hydrogen-bond acceptors (Lipinski definition) is 5. The van der Waals surface area contributed by atoms with Crippen molar-refractivity contribution in [1.82, 2.24) is 0 Å². The second-order valence-corrected chi connectivity index (χ2v) is 5.69. The van der Waals surface area contributed by atoms with Crippen LogP contribution in [0.1, 0.15) is 11.1 Å². The highest BCUT2D eigenvalue weighted by Crippen LogP contribution is 2.36. The van der Waals surface area contributed by atoms with Gasteiger partial charge < -0.3 is 18.9 Å². The van der Waals surface area contributed by atoms with Crippen molar-refractivity contribution < 1.29 is 23.7 Å². The minimum atomic E-state index is -0.171. The fourth-order valence-corrected chi connectivity index (χ4v) is 2.67. The topological polar surface area (TPSA) is 54.0 Å². The molecule has 0 aliphatic rings. The summed E-state index contributed by atoms with van der Waals surface area (Å²) in [6.45, 7) is 3.48. The third kappa shape index (κ3) is 4.82. The van der Waals surface area contributed by atoms with Gasteiger partial charge in [-0.05, 0) is 53.1 Å². The molecule has 0 saturated heterocycles. The highest BCUT2D eigenvalue weighted by atomic mass is 16.5. The number of ether oxygens (including phenoxy) is 4. The summed E-state index contributed by atoms with van der Waals surface area (Å²) < 4.78 is 21.5. The summed E-state index contributed by atoms with van der Waals surface area (Å²) in [5, 5.41) is 0. The molecule has 2 rings (SSSR count). The van der Waals surface area contributed by atoms with Crippen LogP contribution in [-0.4, -0.2) is 34.2 Å². The number of rotatable bonds is 9. The zero-order chi connectivity index (χ0) is 20.5. The first kappa shape index (κ1) is 20.8. The predicted octanol–water partition coefficient (Wildman–Crippen LogP) is 4.46. The average molecular weight is 380 g/mol. The van der Waals surface area contributed by atoms with Gasteiger partial charge in [0.2, 0.25) is 0 Å². The molecular weight excluding hydrogens is 356 g/mol. The molecule has 0 heterocycles. The summed E-state index contributed by atoms with van der Waals surface area (Å²) in [5.74, 6) is 2.32. The van der Waals surface area contributed by atoms with Gasteiger partial charge in [0.25, 0.3) is 0 Å². The summed E-state index contributed by atoms with van der Waals surface area (Å²) in [6, 6.07) is 11.3. The molecule has 0 fully saturated rings. The highest BCUT2D eigenvalue weighted by Gasteiger charge is 2.12. The number of carbonyl (C=O) groups is 1. The molecule has 0 radical (unpaired) electrons. The summed E-state index contributed by atoms with van der Waals surface area (Å²) in [7, 11) is 6.35. The fraction of sp³-hybridized carbons (Fsp3) is 0.174. The lowest BCUT2D eigenvalue weighted by atomic mass is 9.96. The van der Waals surface area contributed by atoms with Crippen molar-refractivity contribution in [3.63, 3.8) is 0 Å². The Hall–Kier alpha value is -3.47. The molecule has 5 heteroatoms. The molecule has 0 aromatic heterocycles. The first-order valence-corrected chi connectivity index (χ1v) is 8.57. The van der Waals surface area contributed by atoms with Gasteiger partial charge in [0.05, 0.1) is 28.4 Å². The van der Waals surface area contributed by atoms with E-state index in [-0.39, 0.29) is 5.78 Å². The molecule has 146 valence electrons. The maximum Gasteiger partial charge on any atom is 0.178 e. The Bertz CT molecular complexity index is 852. The van der Waals surface area contributed by atoms with Crippen LogP contribution in [0.4, 0.5) is 0 Å². The van der Waals surface area contributed by atoms with E-state index < -0.39 is 0 Å². The van der Waals surface area contributed by atoms with E-state index in [2.05, 4.69) is 6.58 Å². The number of benzene rings is 2. The minimum absolute atomic E-state index is 0.171. The van der Waals surface area contributed by atoms with E-state index in [1.807, 2.05) is 42.5 Å². The van der Waals surface area contributed by atoms with Crippen molar-refractivity contribution in [2.45, 2.75) is 0 Å². The predicted molar refractivity (Wildman–Crippen MR) is 111 cm³/mol. The van der Waals surface area contributed by atoms with Crippen LogP contribution in [0.15, 0.2) is 67.3 Å². The van der Waals surface area contributed by atoms with Crippen molar-refractivity contribution in [2.75, 3.05) is 28.4 Å². The lowest BCUT2D eigenvalue weighted by molar-refractivity contribution is -0.110. The van der Waals surface area contributed by atoms with Crippen LogP contribution in [0, 0.1) is 0 Å². The largest absolute Gasteiger partial charge is 0.493 e. The third-order valence-electron chi connectivity index (χ3n) is 4.11.